The van der Waals surface area contributed by atoms with E-state index in [9.17, 15) is 9.59 Å². The summed E-state index contributed by atoms with van der Waals surface area (Å²) in [6, 6.07) is 5.79. The van der Waals surface area contributed by atoms with Crippen LogP contribution in [-0.4, -0.2) is 34.7 Å². The molecule has 0 radical (unpaired) electrons. The van der Waals surface area contributed by atoms with Crippen molar-refractivity contribution in [1.29, 1.82) is 0 Å². The summed E-state index contributed by atoms with van der Waals surface area (Å²) < 4.78 is 2.81. The summed E-state index contributed by atoms with van der Waals surface area (Å²) in [5.41, 5.74) is 1.54. The standard InChI is InChI=1S/C16H17BrN2O2/c17-13-4-5-15-14(8-13)12(11-20)9-19(15)10-16(21)18-6-2-1-3-7-18/h4-5,8-9,11H,1-3,6-7,10H2. The van der Waals surface area contributed by atoms with Crippen molar-refractivity contribution in [2.24, 2.45) is 0 Å². The smallest absolute Gasteiger partial charge is 0.242 e. The molecule has 1 saturated heterocycles. The van der Waals surface area contributed by atoms with Crippen molar-refractivity contribution in [1.82, 2.24) is 9.47 Å². The zero-order chi connectivity index (χ0) is 14.8. The number of amides is 1. The molecule has 0 atom stereocenters. The first kappa shape index (κ1) is 14.3. The molecule has 3 rings (SSSR count). The summed E-state index contributed by atoms with van der Waals surface area (Å²) in [5, 5.41) is 0.880. The summed E-state index contributed by atoms with van der Waals surface area (Å²) in [7, 11) is 0. The van der Waals surface area contributed by atoms with E-state index >= 15 is 0 Å². The van der Waals surface area contributed by atoms with Gasteiger partial charge in [0.15, 0.2) is 6.29 Å². The van der Waals surface area contributed by atoms with Gasteiger partial charge in [-0.2, -0.15) is 0 Å². The Hall–Kier alpha value is -1.62. The van der Waals surface area contributed by atoms with Crippen molar-refractivity contribution < 1.29 is 9.59 Å². The van der Waals surface area contributed by atoms with Crippen molar-refractivity contribution in [3.05, 3.63) is 34.4 Å². The van der Waals surface area contributed by atoms with Gasteiger partial charge in [0.2, 0.25) is 5.91 Å². The number of aromatic nitrogens is 1. The lowest BCUT2D eigenvalue weighted by Gasteiger charge is -2.27. The van der Waals surface area contributed by atoms with Crippen LogP contribution >= 0.6 is 15.9 Å². The number of halogens is 1. The molecule has 1 aromatic carbocycles. The topological polar surface area (TPSA) is 42.3 Å². The van der Waals surface area contributed by atoms with Gasteiger partial charge in [0.1, 0.15) is 6.54 Å². The van der Waals surface area contributed by atoms with Gasteiger partial charge in [-0.15, -0.1) is 0 Å². The number of rotatable bonds is 3. The number of benzene rings is 1. The second-order valence-corrected chi connectivity index (χ2v) is 6.35. The minimum Gasteiger partial charge on any atom is -0.341 e. The van der Waals surface area contributed by atoms with Crippen LogP contribution in [0.15, 0.2) is 28.9 Å². The lowest BCUT2D eigenvalue weighted by molar-refractivity contribution is -0.132. The Balaban J connectivity index is 1.89. The van der Waals surface area contributed by atoms with E-state index in [0.717, 1.165) is 47.6 Å². The predicted molar refractivity (Wildman–Crippen MR) is 85.5 cm³/mol. The van der Waals surface area contributed by atoms with Crippen LogP contribution in [0, 0.1) is 0 Å². The Kier molecular flexibility index (Phi) is 4.10. The molecule has 1 aliphatic heterocycles. The Bertz CT molecular complexity index is 687. The van der Waals surface area contributed by atoms with Crippen LogP contribution in [0.25, 0.3) is 10.9 Å². The van der Waals surface area contributed by atoms with E-state index in [1.807, 2.05) is 27.7 Å². The second-order valence-electron chi connectivity index (χ2n) is 5.43. The highest BCUT2D eigenvalue weighted by molar-refractivity contribution is 9.10. The van der Waals surface area contributed by atoms with Crippen molar-refractivity contribution in [3.63, 3.8) is 0 Å². The maximum Gasteiger partial charge on any atom is 0.242 e. The maximum atomic E-state index is 12.4. The Labute approximate surface area is 131 Å². The van der Waals surface area contributed by atoms with E-state index in [1.165, 1.54) is 6.42 Å². The zero-order valence-electron chi connectivity index (χ0n) is 11.7. The van der Waals surface area contributed by atoms with Gasteiger partial charge in [-0.25, -0.2) is 0 Å². The van der Waals surface area contributed by atoms with Gasteiger partial charge in [-0.05, 0) is 37.5 Å². The lowest BCUT2D eigenvalue weighted by Crippen LogP contribution is -2.37. The molecule has 5 heteroatoms. The van der Waals surface area contributed by atoms with Crippen LogP contribution in [0.2, 0.25) is 0 Å². The summed E-state index contributed by atoms with van der Waals surface area (Å²) >= 11 is 3.42. The third-order valence-electron chi connectivity index (χ3n) is 4.02. The molecule has 2 heterocycles. The normalized spacial score (nSPS) is 15.4. The van der Waals surface area contributed by atoms with Gasteiger partial charge >= 0.3 is 0 Å². The number of piperidine rings is 1. The van der Waals surface area contributed by atoms with Gasteiger partial charge in [0.05, 0.1) is 0 Å². The fourth-order valence-corrected chi connectivity index (χ4v) is 3.27. The highest BCUT2D eigenvalue weighted by Gasteiger charge is 2.18. The van der Waals surface area contributed by atoms with Gasteiger partial charge < -0.3 is 9.47 Å². The van der Waals surface area contributed by atoms with E-state index in [4.69, 9.17) is 0 Å². The van der Waals surface area contributed by atoms with Crippen LogP contribution in [0.4, 0.5) is 0 Å². The minimum atomic E-state index is 0.131. The number of likely N-dealkylation sites (tertiary alicyclic amines) is 1. The molecule has 0 aliphatic carbocycles. The van der Waals surface area contributed by atoms with Gasteiger partial charge in [0, 0.05) is 40.2 Å². The van der Waals surface area contributed by atoms with Gasteiger partial charge in [-0.1, -0.05) is 15.9 Å². The third kappa shape index (κ3) is 2.88. The average Bonchev–Trinajstić information content (AvgIpc) is 2.85. The molecule has 4 nitrogen and oxygen atoms in total. The second kappa shape index (κ2) is 6.02. The molecule has 0 N–H and O–H groups in total. The molecule has 21 heavy (non-hydrogen) atoms. The first-order valence-corrected chi connectivity index (χ1v) is 7.99. The minimum absolute atomic E-state index is 0.131. The largest absolute Gasteiger partial charge is 0.341 e. The quantitative estimate of drug-likeness (QED) is 0.799. The fraction of sp³-hybridized carbons (Fsp3) is 0.375. The highest BCUT2D eigenvalue weighted by Crippen LogP contribution is 2.24. The van der Waals surface area contributed by atoms with Gasteiger partial charge in [-0.3, -0.25) is 9.59 Å². The van der Waals surface area contributed by atoms with E-state index in [1.54, 1.807) is 6.20 Å². The van der Waals surface area contributed by atoms with Crippen molar-refractivity contribution in [2.75, 3.05) is 13.1 Å². The van der Waals surface area contributed by atoms with Crippen LogP contribution in [-0.2, 0) is 11.3 Å². The number of nitrogens with zero attached hydrogens (tertiary/aromatic N) is 2. The Morgan fingerprint density at radius 1 is 1.24 bits per heavy atom. The van der Waals surface area contributed by atoms with Crippen LogP contribution in [0.3, 0.4) is 0 Å². The first-order valence-electron chi connectivity index (χ1n) is 7.20. The van der Waals surface area contributed by atoms with Crippen molar-refractivity contribution >= 4 is 39.0 Å². The van der Waals surface area contributed by atoms with E-state index in [0.29, 0.717) is 12.1 Å². The predicted octanol–water partition coefficient (Wildman–Crippen LogP) is 3.23. The molecule has 1 aromatic heterocycles. The van der Waals surface area contributed by atoms with Crippen molar-refractivity contribution in [2.45, 2.75) is 25.8 Å². The number of hydrogen-bond acceptors (Lipinski definition) is 2. The highest BCUT2D eigenvalue weighted by atomic mass is 79.9. The summed E-state index contributed by atoms with van der Waals surface area (Å²) in [6.45, 7) is 2.00. The molecule has 1 aliphatic rings. The van der Waals surface area contributed by atoms with E-state index < -0.39 is 0 Å². The number of carbonyl (C=O) groups is 2. The molecular formula is C16H17BrN2O2. The number of hydrogen-bond donors (Lipinski definition) is 0. The molecule has 110 valence electrons. The molecule has 0 unspecified atom stereocenters. The SMILES string of the molecule is O=Cc1cn(CC(=O)N2CCCCC2)c2ccc(Br)cc12. The Morgan fingerprint density at radius 2 is 2.00 bits per heavy atom. The molecular weight excluding hydrogens is 332 g/mol. The molecule has 1 fully saturated rings. The monoisotopic (exact) mass is 348 g/mol. The third-order valence-corrected chi connectivity index (χ3v) is 4.51. The molecule has 0 spiro atoms. The van der Waals surface area contributed by atoms with E-state index in [-0.39, 0.29) is 5.91 Å². The lowest BCUT2D eigenvalue weighted by atomic mass is 10.1. The maximum absolute atomic E-state index is 12.4. The molecule has 0 saturated carbocycles. The fourth-order valence-electron chi connectivity index (χ4n) is 2.91. The Morgan fingerprint density at radius 3 is 2.71 bits per heavy atom. The van der Waals surface area contributed by atoms with E-state index in [2.05, 4.69) is 15.9 Å². The van der Waals surface area contributed by atoms with Crippen molar-refractivity contribution in [3.8, 4) is 0 Å². The van der Waals surface area contributed by atoms with Crippen LogP contribution in [0.5, 0.6) is 0 Å². The van der Waals surface area contributed by atoms with Gasteiger partial charge in [0.25, 0.3) is 0 Å². The first-order chi connectivity index (χ1) is 10.2. The molecule has 0 bridgehead atoms. The van der Waals surface area contributed by atoms with Crippen LogP contribution < -0.4 is 0 Å². The molecule has 1 amide bonds. The molecule has 2 aromatic rings. The number of aldehydes is 1. The summed E-state index contributed by atoms with van der Waals surface area (Å²) in [4.78, 5) is 25.5. The average molecular weight is 349 g/mol. The van der Waals surface area contributed by atoms with Crippen LogP contribution in [0.1, 0.15) is 29.6 Å². The number of carbonyl (C=O) groups excluding carboxylic acids is 2. The number of fused-ring (bicyclic) bond motifs is 1. The zero-order valence-corrected chi connectivity index (χ0v) is 13.3. The summed E-state index contributed by atoms with van der Waals surface area (Å²) in [6.07, 6.45) is 6.00. The summed E-state index contributed by atoms with van der Waals surface area (Å²) in [5.74, 6) is 0.131.